The third kappa shape index (κ3) is 3.55. The Morgan fingerprint density at radius 3 is 2.52 bits per heavy atom. The van der Waals surface area contributed by atoms with E-state index in [4.69, 9.17) is 4.42 Å². The number of halogens is 1. The van der Waals surface area contributed by atoms with Gasteiger partial charge in [-0.25, -0.2) is 9.18 Å². The predicted octanol–water partition coefficient (Wildman–Crippen LogP) is 2.54. The van der Waals surface area contributed by atoms with Crippen LogP contribution in [-0.2, 0) is 17.8 Å². The van der Waals surface area contributed by atoms with Crippen molar-refractivity contribution in [2.75, 3.05) is 0 Å². The highest BCUT2D eigenvalue weighted by Crippen LogP contribution is 2.20. The summed E-state index contributed by atoms with van der Waals surface area (Å²) in [5, 5.41) is 10.4. The molecule has 1 saturated heterocycles. The monoisotopic (exact) mass is 366 g/mol. The number of benzene rings is 2. The van der Waals surface area contributed by atoms with E-state index in [0.717, 1.165) is 10.5 Å². The number of rotatable bonds is 5. The molecule has 0 saturated carbocycles. The molecular formula is C19H15FN4O3. The molecule has 1 aliphatic heterocycles. The minimum Gasteiger partial charge on any atom is -0.419 e. The van der Waals surface area contributed by atoms with Crippen molar-refractivity contribution < 1.29 is 18.4 Å². The number of hydrogen-bond acceptors (Lipinski definition) is 5. The molecule has 1 aromatic heterocycles. The minimum atomic E-state index is -0.626. The van der Waals surface area contributed by atoms with Gasteiger partial charge in [-0.3, -0.25) is 9.69 Å². The maximum atomic E-state index is 13.0. The maximum Gasteiger partial charge on any atom is 0.325 e. The van der Waals surface area contributed by atoms with E-state index in [9.17, 15) is 14.0 Å². The summed E-state index contributed by atoms with van der Waals surface area (Å²) >= 11 is 0. The fourth-order valence-corrected chi connectivity index (χ4v) is 2.88. The standard InChI is InChI=1S/C19H15FN4O3/c20-14-8-6-13(7-9-14)17-23-22-16(27-17)11-24-18(25)15(21-19(24)26)10-12-4-2-1-3-5-12/h1-9,15H,10-11H2,(H,21,26). The van der Waals surface area contributed by atoms with Crippen LogP contribution in [0.5, 0.6) is 0 Å². The van der Waals surface area contributed by atoms with E-state index in [0.29, 0.717) is 12.0 Å². The van der Waals surface area contributed by atoms with Crippen molar-refractivity contribution in [1.82, 2.24) is 20.4 Å². The molecule has 2 heterocycles. The van der Waals surface area contributed by atoms with Crippen molar-refractivity contribution in [2.45, 2.75) is 19.0 Å². The highest BCUT2D eigenvalue weighted by Gasteiger charge is 2.38. The molecule has 27 heavy (non-hydrogen) atoms. The molecular weight excluding hydrogens is 351 g/mol. The smallest absolute Gasteiger partial charge is 0.325 e. The Hall–Kier alpha value is -3.55. The second-order valence-electron chi connectivity index (χ2n) is 6.12. The number of nitrogens with one attached hydrogen (secondary N) is 1. The Morgan fingerprint density at radius 1 is 1.04 bits per heavy atom. The average molecular weight is 366 g/mol. The van der Waals surface area contributed by atoms with Gasteiger partial charge in [0.25, 0.3) is 5.91 Å². The van der Waals surface area contributed by atoms with Gasteiger partial charge in [0, 0.05) is 12.0 Å². The van der Waals surface area contributed by atoms with Gasteiger partial charge in [0.2, 0.25) is 11.8 Å². The first kappa shape index (κ1) is 16.9. The third-order valence-corrected chi connectivity index (χ3v) is 4.24. The van der Waals surface area contributed by atoms with Gasteiger partial charge in [-0.1, -0.05) is 30.3 Å². The third-order valence-electron chi connectivity index (χ3n) is 4.24. The average Bonchev–Trinajstić information content (AvgIpc) is 3.24. The Balaban J connectivity index is 1.45. The minimum absolute atomic E-state index is 0.121. The fourth-order valence-electron chi connectivity index (χ4n) is 2.88. The molecule has 1 N–H and O–H groups in total. The first-order valence-corrected chi connectivity index (χ1v) is 8.34. The Labute approximate surface area is 153 Å². The van der Waals surface area contributed by atoms with Gasteiger partial charge in [-0.2, -0.15) is 0 Å². The zero-order valence-corrected chi connectivity index (χ0v) is 14.1. The second kappa shape index (κ2) is 6.99. The highest BCUT2D eigenvalue weighted by atomic mass is 19.1. The quantitative estimate of drug-likeness (QED) is 0.701. The fraction of sp³-hybridized carbons (Fsp3) is 0.158. The topological polar surface area (TPSA) is 88.3 Å². The van der Waals surface area contributed by atoms with E-state index in [1.165, 1.54) is 24.3 Å². The van der Waals surface area contributed by atoms with Crippen LogP contribution < -0.4 is 5.32 Å². The molecule has 1 unspecified atom stereocenters. The largest absolute Gasteiger partial charge is 0.419 e. The predicted molar refractivity (Wildman–Crippen MR) is 92.7 cm³/mol. The Morgan fingerprint density at radius 2 is 1.78 bits per heavy atom. The maximum absolute atomic E-state index is 13.0. The number of amides is 3. The van der Waals surface area contributed by atoms with E-state index >= 15 is 0 Å². The van der Waals surface area contributed by atoms with Crippen molar-refractivity contribution in [3.63, 3.8) is 0 Å². The zero-order valence-electron chi connectivity index (χ0n) is 14.1. The normalized spacial score (nSPS) is 16.6. The van der Waals surface area contributed by atoms with Crippen LogP contribution in [0.25, 0.3) is 11.5 Å². The van der Waals surface area contributed by atoms with Crippen LogP contribution in [0.2, 0.25) is 0 Å². The number of hydrogen-bond donors (Lipinski definition) is 1. The summed E-state index contributed by atoms with van der Waals surface area (Å²) in [6.07, 6.45) is 0.409. The molecule has 1 aliphatic rings. The molecule has 1 fully saturated rings. The molecule has 136 valence electrons. The van der Waals surface area contributed by atoms with Crippen molar-refractivity contribution in [3.05, 3.63) is 71.9 Å². The van der Waals surface area contributed by atoms with Gasteiger partial charge in [0.15, 0.2) is 0 Å². The zero-order chi connectivity index (χ0) is 18.8. The summed E-state index contributed by atoms with van der Waals surface area (Å²) in [5.74, 6) is -0.399. The van der Waals surface area contributed by atoms with Gasteiger partial charge >= 0.3 is 6.03 Å². The summed E-state index contributed by atoms with van der Waals surface area (Å²) in [5.41, 5.74) is 1.50. The van der Waals surface area contributed by atoms with Crippen molar-refractivity contribution in [3.8, 4) is 11.5 Å². The van der Waals surface area contributed by atoms with Gasteiger partial charge in [0.1, 0.15) is 18.4 Å². The van der Waals surface area contributed by atoms with Crippen molar-refractivity contribution >= 4 is 11.9 Å². The SMILES string of the molecule is O=C1NC(Cc2ccccc2)C(=O)N1Cc1nnc(-c2ccc(F)cc2)o1. The first-order chi connectivity index (χ1) is 13.1. The van der Waals surface area contributed by atoms with Crippen LogP contribution in [0.4, 0.5) is 9.18 Å². The van der Waals surface area contributed by atoms with Crippen molar-refractivity contribution in [2.24, 2.45) is 0 Å². The molecule has 3 amide bonds. The van der Waals surface area contributed by atoms with Gasteiger partial charge in [-0.15, -0.1) is 10.2 Å². The van der Waals surface area contributed by atoms with Crippen LogP contribution >= 0.6 is 0 Å². The summed E-state index contributed by atoms with van der Waals surface area (Å²) in [4.78, 5) is 25.8. The molecule has 4 rings (SSSR count). The van der Waals surface area contributed by atoms with E-state index in [1.54, 1.807) is 0 Å². The lowest BCUT2D eigenvalue weighted by Crippen LogP contribution is -2.32. The summed E-state index contributed by atoms with van der Waals surface area (Å²) in [6.45, 7) is -0.121. The van der Waals surface area contributed by atoms with Gasteiger partial charge in [-0.05, 0) is 29.8 Å². The van der Waals surface area contributed by atoms with E-state index in [1.807, 2.05) is 30.3 Å². The van der Waals surface area contributed by atoms with Gasteiger partial charge < -0.3 is 9.73 Å². The van der Waals surface area contributed by atoms with E-state index < -0.39 is 12.1 Å². The molecule has 0 spiro atoms. The highest BCUT2D eigenvalue weighted by molar-refractivity contribution is 6.04. The number of nitrogens with zero attached hydrogens (tertiary/aromatic N) is 3. The second-order valence-corrected chi connectivity index (χ2v) is 6.12. The van der Waals surface area contributed by atoms with E-state index in [-0.39, 0.29) is 30.1 Å². The van der Waals surface area contributed by atoms with Crippen LogP contribution in [-0.4, -0.2) is 33.1 Å². The van der Waals surface area contributed by atoms with E-state index in [2.05, 4.69) is 15.5 Å². The number of aromatic nitrogens is 2. The number of urea groups is 1. The summed E-state index contributed by atoms with van der Waals surface area (Å²) in [7, 11) is 0. The van der Waals surface area contributed by atoms with Crippen LogP contribution in [0.15, 0.2) is 59.0 Å². The molecule has 2 aromatic carbocycles. The van der Waals surface area contributed by atoms with Crippen LogP contribution in [0.1, 0.15) is 11.5 Å². The first-order valence-electron chi connectivity index (χ1n) is 8.34. The number of imide groups is 1. The van der Waals surface area contributed by atoms with Gasteiger partial charge in [0.05, 0.1) is 0 Å². The molecule has 8 heteroatoms. The molecule has 0 bridgehead atoms. The number of carbonyl (C=O) groups excluding carboxylic acids is 2. The lowest BCUT2D eigenvalue weighted by Gasteiger charge is -2.10. The Bertz CT molecular complexity index is 972. The molecule has 7 nitrogen and oxygen atoms in total. The molecule has 0 radical (unpaired) electrons. The summed E-state index contributed by atoms with van der Waals surface area (Å²) < 4.78 is 18.5. The van der Waals surface area contributed by atoms with Crippen LogP contribution in [0, 0.1) is 5.82 Å². The Kier molecular flexibility index (Phi) is 4.37. The lowest BCUT2D eigenvalue weighted by molar-refractivity contribution is -0.128. The van der Waals surface area contributed by atoms with Crippen molar-refractivity contribution in [1.29, 1.82) is 0 Å². The van der Waals surface area contributed by atoms with Crippen LogP contribution in [0.3, 0.4) is 0 Å². The lowest BCUT2D eigenvalue weighted by atomic mass is 10.1. The molecule has 1 atom stereocenters. The number of carbonyl (C=O) groups is 2. The molecule has 0 aliphatic carbocycles. The summed E-state index contributed by atoms with van der Waals surface area (Å²) in [6, 6.07) is 13.9. The molecule has 3 aromatic rings.